The van der Waals surface area contributed by atoms with Gasteiger partial charge in [0.25, 0.3) is 0 Å². The fourth-order valence-corrected chi connectivity index (χ4v) is 5.93. The molecule has 2 aromatic rings. The summed E-state index contributed by atoms with van der Waals surface area (Å²) in [5.74, 6) is 6.18. The SMILES string of the molecule is CC(C)(C)[Si](C)(C)OC1CC(C#Cc2cc(CCC(C)(C(=O)OCc3ccccc3)S(C)(=O)=O)no2)C1. The lowest BCUT2D eigenvalue weighted by Gasteiger charge is -2.43. The number of aromatic nitrogens is 1. The number of hydrogen-bond donors (Lipinski definition) is 0. The number of benzene rings is 1. The molecule has 1 aromatic carbocycles. The molecule has 9 heteroatoms. The van der Waals surface area contributed by atoms with Gasteiger partial charge in [0, 0.05) is 24.3 Å². The number of sulfone groups is 1. The summed E-state index contributed by atoms with van der Waals surface area (Å²) in [5.41, 5.74) is 1.33. The zero-order chi connectivity index (χ0) is 27.5. The van der Waals surface area contributed by atoms with Gasteiger partial charge in [-0.25, -0.2) is 8.42 Å². The molecule has 0 N–H and O–H groups in total. The van der Waals surface area contributed by atoms with Gasteiger partial charge in [-0.2, -0.15) is 0 Å². The molecular formula is C28H39NO6SSi. The van der Waals surface area contributed by atoms with E-state index in [1.807, 2.05) is 30.3 Å². The average molecular weight is 546 g/mol. The zero-order valence-electron chi connectivity index (χ0n) is 23.0. The van der Waals surface area contributed by atoms with Crippen molar-refractivity contribution in [2.45, 2.75) is 89.0 Å². The van der Waals surface area contributed by atoms with E-state index in [9.17, 15) is 13.2 Å². The predicted octanol–water partition coefficient (Wildman–Crippen LogP) is 5.31. The van der Waals surface area contributed by atoms with Crippen LogP contribution in [0, 0.1) is 17.8 Å². The highest BCUT2D eigenvalue weighted by atomic mass is 32.2. The minimum atomic E-state index is -3.75. The lowest BCUT2D eigenvalue weighted by atomic mass is 9.83. The fourth-order valence-electron chi connectivity index (χ4n) is 3.72. The van der Waals surface area contributed by atoms with E-state index in [-0.39, 0.29) is 36.5 Å². The molecule has 3 rings (SSSR count). The highest BCUT2D eigenvalue weighted by Crippen LogP contribution is 2.41. The largest absolute Gasteiger partial charge is 0.460 e. The first-order valence-corrected chi connectivity index (χ1v) is 17.5. The van der Waals surface area contributed by atoms with Gasteiger partial charge in [-0.1, -0.05) is 62.2 Å². The van der Waals surface area contributed by atoms with Crippen LogP contribution in [0.3, 0.4) is 0 Å². The topological polar surface area (TPSA) is 95.7 Å². The van der Waals surface area contributed by atoms with Crippen molar-refractivity contribution in [2.24, 2.45) is 5.92 Å². The van der Waals surface area contributed by atoms with Crippen LogP contribution >= 0.6 is 0 Å². The average Bonchev–Trinajstić information content (AvgIpc) is 3.24. The quantitative estimate of drug-likeness (QED) is 0.239. The standard InChI is InChI=1S/C28H39NO6SSi/c1-27(2,3)37(6,7)35-25-17-22(18-25)13-14-24-19-23(29-34-24)15-16-28(4,36(5,31)32)26(30)33-20-21-11-9-8-10-12-21/h8-12,19,22,25H,15-18,20H2,1-7H3. The Bertz CT molecular complexity index is 1250. The predicted molar refractivity (Wildman–Crippen MR) is 146 cm³/mol. The van der Waals surface area contributed by atoms with Crippen molar-refractivity contribution in [3.8, 4) is 11.8 Å². The summed E-state index contributed by atoms with van der Waals surface area (Å²) >= 11 is 0. The highest BCUT2D eigenvalue weighted by Gasteiger charge is 2.45. The van der Waals surface area contributed by atoms with Gasteiger partial charge in [0.2, 0.25) is 5.76 Å². The van der Waals surface area contributed by atoms with Gasteiger partial charge in [-0.15, -0.1) is 0 Å². The molecule has 1 aromatic heterocycles. The summed E-state index contributed by atoms with van der Waals surface area (Å²) in [6, 6.07) is 10.8. The maximum absolute atomic E-state index is 12.8. The van der Waals surface area contributed by atoms with E-state index < -0.39 is 28.9 Å². The minimum absolute atomic E-state index is 0.0113. The molecule has 37 heavy (non-hydrogen) atoms. The Morgan fingerprint density at radius 3 is 2.41 bits per heavy atom. The summed E-state index contributed by atoms with van der Waals surface area (Å²) in [6.45, 7) is 12.7. The summed E-state index contributed by atoms with van der Waals surface area (Å²) in [4.78, 5) is 12.8. The lowest BCUT2D eigenvalue weighted by Crippen LogP contribution is -2.47. The molecule has 0 amide bonds. The molecule has 1 heterocycles. The molecule has 0 bridgehead atoms. The van der Waals surface area contributed by atoms with E-state index in [0.717, 1.165) is 24.7 Å². The van der Waals surface area contributed by atoms with Crippen LogP contribution in [-0.2, 0) is 36.8 Å². The Labute approximate surface area is 222 Å². The molecule has 0 saturated heterocycles. The van der Waals surface area contributed by atoms with Gasteiger partial charge in [-0.3, -0.25) is 4.79 Å². The van der Waals surface area contributed by atoms with E-state index in [4.69, 9.17) is 13.7 Å². The first-order chi connectivity index (χ1) is 17.1. The molecule has 0 spiro atoms. The Hall–Kier alpha value is -2.41. The van der Waals surface area contributed by atoms with Crippen molar-refractivity contribution in [1.29, 1.82) is 0 Å². The second-order valence-corrected chi connectivity index (χ2v) is 18.9. The molecule has 1 atom stereocenters. The molecule has 0 radical (unpaired) electrons. The highest BCUT2D eigenvalue weighted by molar-refractivity contribution is 7.92. The summed E-state index contributed by atoms with van der Waals surface area (Å²) < 4.78 is 40.5. The van der Waals surface area contributed by atoms with Crippen LogP contribution in [0.1, 0.15) is 64.0 Å². The van der Waals surface area contributed by atoms with Crippen molar-refractivity contribution in [3.63, 3.8) is 0 Å². The summed E-state index contributed by atoms with van der Waals surface area (Å²) in [7, 11) is -5.52. The third-order valence-electron chi connectivity index (χ3n) is 7.64. The van der Waals surface area contributed by atoms with Crippen LogP contribution in [0.15, 0.2) is 40.9 Å². The Morgan fingerprint density at radius 2 is 1.81 bits per heavy atom. The van der Waals surface area contributed by atoms with Crippen molar-refractivity contribution in [2.75, 3.05) is 6.26 Å². The number of aryl methyl sites for hydroxylation is 1. The van der Waals surface area contributed by atoms with Gasteiger partial charge in [0.05, 0.1) is 5.69 Å². The molecule has 1 aliphatic rings. The maximum Gasteiger partial charge on any atom is 0.327 e. The van der Waals surface area contributed by atoms with Gasteiger partial charge in [0.1, 0.15) is 6.61 Å². The molecule has 1 saturated carbocycles. The van der Waals surface area contributed by atoms with Gasteiger partial charge in [0.15, 0.2) is 22.9 Å². The molecule has 1 fully saturated rings. The van der Waals surface area contributed by atoms with Gasteiger partial charge < -0.3 is 13.7 Å². The molecule has 0 aliphatic heterocycles. The van der Waals surface area contributed by atoms with E-state index in [1.54, 1.807) is 6.07 Å². The first-order valence-electron chi connectivity index (χ1n) is 12.7. The summed E-state index contributed by atoms with van der Waals surface area (Å²) in [5, 5.41) is 4.21. The molecule has 1 aliphatic carbocycles. The second-order valence-electron chi connectivity index (χ2n) is 11.7. The Balaban J connectivity index is 1.54. The number of esters is 1. The zero-order valence-corrected chi connectivity index (χ0v) is 24.8. The summed E-state index contributed by atoms with van der Waals surface area (Å²) in [6.07, 6.45) is 3.41. The number of carbonyl (C=O) groups is 1. The molecule has 202 valence electrons. The fraction of sp³-hybridized carbons (Fsp3) is 0.571. The monoisotopic (exact) mass is 545 g/mol. The maximum atomic E-state index is 12.8. The normalized spacial score (nSPS) is 19.8. The number of ether oxygens (including phenoxy) is 1. The minimum Gasteiger partial charge on any atom is -0.460 e. The van der Waals surface area contributed by atoms with Gasteiger partial charge >= 0.3 is 5.97 Å². The van der Waals surface area contributed by atoms with E-state index >= 15 is 0 Å². The van der Waals surface area contributed by atoms with E-state index in [0.29, 0.717) is 11.5 Å². The van der Waals surface area contributed by atoms with E-state index in [1.165, 1.54) is 6.92 Å². The number of carbonyl (C=O) groups excluding carboxylic acids is 1. The third-order valence-corrected chi connectivity index (χ3v) is 14.2. The number of hydrogen-bond acceptors (Lipinski definition) is 7. The third kappa shape index (κ3) is 7.34. The van der Waals surface area contributed by atoms with E-state index in [2.05, 4.69) is 50.9 Å². The Morgan fingerprint density at radius 1 is 1.16 bits per heavy atom. The van der Waals surface area contributed by atoms with Crippen molar-refractivity contribution in [1.82, 2.24) is 5.16 Å². The number of nitrogens with zero attached hydrogens (tertiary/aromatic N) is 1. The molecular weight excluding hydrogens is 506 g/mol. The van der Waals surface area contributed by atoms with Crippen LogP contribution in [0.25, 0.3) is 0 Å². The Kier molecular flexibility index (Phi) is 8.77. The smallest absolute Gasteiger partial charge is 0.327 e. The second kappa shape index (κ2) is 11.1. The van der Waals surface area contributed by atoms with Crippen molar-refractivity contribution >= 4 is 24.1 Å². The lowest BCUT2D eigenvalue weighted by molar-refractivity contribution is -0.147. The molecule has 7 nitrogen and oxygen atoms in total. The van der Waals surface area contributed by atoms with Crippen LogP contribution in [0.4, 0.5) is 0 Å². The van der Waals surface area contributed by atoms with Crippen molar-refractivity contribution < 1.29 is 26.9 Å². The first kappa shape index (κ1) is 29.1. The van der Waals surface area contributed by atoms with Crippen LogP contribution < -0.4 is 0 Å². The molecule has 1 unspecified atom stereocenters. The van der Waals surface area contributed by atoms with Crippen LogP contribution in [0.5, 0.6) is 0 Å². The number of rotatable bonds is 9. The van der Waals surface area contributed by atoms with Gasteiger partial charge in [-0.05, 0) is 62.2 Å². The van der Waals surface area contributed by atoms with Crippen LogP contribution in [-0.4, -0.2) is 45.0 Å². The van der Waals surface area contributed by atoms with Crippen molar-refractivity contribution in [3.05, 3.63) is 53.4 Å². The van der Waals surface area contributed by atoms with Crippen LogP contribution in [0.2, 0.25) is 18.1 Å².